The Morgan fingerprint density at radius 1 is 1.06 bits per heavy atom. The summed E-state index contributed by atoms with van der Waals surface area (Å²) in [6.45, 7) is 3.77. The van der Waals surface area contributed by atoms with Crippen LogP contribution in [0.3, 0.4) is 0 Å². The first kappa shape index (κ1) is 21.0. The molecule has 4 aliphatic carbocycles. The van der Waals surface area contributed by atoms with E-state index in [-0.39, 0.29) is 18.0 Å². The van der Waals surface area contributed by atoms with Crippen LogP contribution >= 0.6 is 0 Å². The highest BCUT2D eigenvalue weighted by molar-refractivity contribution is 5.90. The molecule has 0 saturated heterocycles. The van der Waals surface area contributed by atoms with Crippen LogP contribution in [0.25, 0.3) is 0 Å². The fraction of sp³-hybridized carbons (Fsp3) is 0.429. The van der Waals surface area contributed by atoms with Crippen molar-refractivity contribution in [3.63, 3.8) is 0 Å². The van der Waals surface area contributed by atoms with Crippen LogP contribution in [0.5, 0.6) is 5.75 Å². The molecule has 166 valence electrons. The van der Waals surface area contributed by atoms with Crippen LogP contribution in [0.15, 0.2) is 60.1 Å². The molecule has 0 N–H and O–H groups in total. The van der Waals surface area contributed by atoms with Crippen molar-refractivity contribution in [2.24, 2.45) is 22.7 Å². The minimum Gasteiger partial charge on any atom is -0.496 e. The van der Waals surface area contributed by atoms with E-state index >= 15 is 0 Å². The molecule has 0 radical (unpaired) electrons. The minimum absolute atomic E-state index is 0.211. The normalized spacial score (nSPS) is 28.1. The van der Waals surface area contributed by atoms with Gasteiger partial charge in [-0.05, 0) is 110 Å². The van der Waals surface area contributed by atoms with Gasteiger partial charge in [0.25, 0.3) is 0 Å². The van der Waals surface area contributed by atoms with Crippen LogP contribution in [-0.4, -0.2) is 25.9 Å². The van der Waals surface area contributed by atoms with E-state index in [0.29, 0.717) is 5.56 Å². The first-order valence-corrected chi connectivity index (χ1v) is 11.7. The number of ether oxygens (including phenoxy) is 2. The molecule has 32 heavy (non-hydrogen) atoms. The molecule has 4 fully saturated rings. The van der Waals surface area contributed by atoms with E-state index in [1.165, 1.54) is 44.1 Å². The second-order valence-electron chi connectivity index (χ2n) is 9.85. The molecule has 0 aromatic heterocycles. The summed E-state index contributed by atoms with van der Waals surface area (Å²) in [5.41, 5.74) is 4.06. The number of nitrogens with zero attached hydrogens (tertiary/aromatic N) is 1. The molecule has 6 rings (SSSR count). The van der Waals surface area contributed by atoms with Crippen molar-refractivity contribution in [1.29, 1.82) is 0 Å². The van der Waals surface area contributed by atoms with Gasteiger partial charge in [0.15, 0.2) is 0 Å². The van der Waals surface area contributed by atoms with Gasteiger partial charge < -0.3 is 9.47 Å². The maximum atomic E-state index is 11.9. The molecule has 0 aliphatic heterocycles. The standard InChI is InChI=1S/C28H31NO3/c1-3-10-32-27(30)23-5-7-24(8-6-23)29-18-19-4-9-26(31-2)25(14-19)28-15-20-11-21(16-28)13-22(12-20)17-28/h3-9,14,18,20-22H,1,10-13,15-17H2,2H3. The molecule has 4 nitrogen and oxygen atoms in total. The van der Waals surface area contributed by atoms with Gasteiger partial charge >= 0.3 is 5.97 Å². The maximum Gasteiger partial charge on any atom is 0.338 e. The lowest BCUT2D eigenvalue weighted by molar-refractivity contribution is -0.00616. The molecular weight excluding hydrogens is 398 g/mol. The van der Waals surface area contributed by atoms with E-state index in [1.807, 2.05) is 18.3 Å². The number of methoxy groups -OCH3 is 1. The number of carbonyl (C=O) groups excluding carboxylic acids is 1. The average Bonchev–Trinajstić information content (AvgIpc) is 2.80. The van der Waals surface area contributed by atoms with Gasteiger partial charge in [-0.1, -0.05) is 12.7 Å². The molecule has 4 saturated carbocycles. The Morgan fingerprint density at radius 3 is 2.31 bits per heavy atom. The first-order chi connectivity index (χ1) is 15.6. The van der Waals surface area contributed by atoms with Gasteiger partial charge in [0, 0.05) is 11.8 Å². The zero-order chi connectivity index (χ0) is 22.1. The van der Waals surface area contributed by atoms with Crippen LogP contribution in [-0.2, 0) is 10.2 Å². The minimum atomic E-state index is -0.351. The van der Waals surface area contributed by atoms with Gasteiger partial charge in [0.05, 0.1) is 18.4 Å². The highest BCUT2D eigenvalue weighted by atomic mass is 16.5. The SMILES string of the molecule is C=CCOC(=O)c1ccc(N=Cc2ccc(OC)c(C34CC5CC(CC(C5)C3)C4)c2)cc1. The van der Waals surface area contributed by atoms with Crippen molar-refractivity contribution in [3.8, 4) is 5.75 Å². The lowest BCUT2D eigenvalue weighted by Gasteiger charge is -2.57. The van der Waals surface area contributed by atoms with Crippen LogP contribution in [0, 0.1) is 17.8 Å². The van der Waals surface area contributed by atoms with Gasteiger partial charge in [-0.25, -0.2) is 4.79 Å². The van der Waals surface area contributed by atoms with E-state index < -0.39 is 0 Å². The topological polar surface area (TPSA) is 47.9 Å². The molecule has 2 aromatic carbocycles. The van der Waals surface area contributed by atoms with Gasteiger partial charge in [0.1, 0.15) is 12.4 Å². The monoisotopic (exact) mass is 429 g/mol. The van der Waals surface area contributed by atoms with Crippen LogP contribution < -0.4 is 4.74 Å². The third-order valence-electron chi connectivity index (χ3n) is 7.63. The van der Waals surface area contributed by atoms with Gasteiger partial charge in [-0.3, -0.25) is 4.99 Å². The molecule has 4 heteroatoms. The number of rotatable bonds is 7. The van der Waals surface area contributed by atoms with E-state index in [2.05, 4.69) is 29.8 Å². The van der Waals surface area contributed by atoms with Crippen LogP contribution in [0.2, 0.25) is 0 Å². The van der Waals surface area contributed by atoms with Gasteiger partial charge in [0.2, 0.25) is 0 Å². The zero-order valence-electron chi connectivity index (χ0n) is 18.8. The third kappa shape index (κ3) is 3.99. The Morgan fingerprint density at radius 2 is 1.72 bits per heavy atom. The highest BCUT2D eigenvalue weighted by Crippen LogP contribution is 2.61. The summed E-state index contributed by atoms with van der Waals surface area (Å²) < 4.78 is 10.9. The van der Waals surface area contributed by atoms with Crippen LogP contribution in [0.4, 0.5) is 5.69 Å². The number of carbonyl (C=O) groups is 1. The number of aliphatic imine (C=N–C) groups is 1. The number of esters is 1. The molecule has 4 bridgehead atoms. The predicted molar refractivity (Wildman–Crippen MR) is 127 cm³/mol. The summed E-state index contributed by atoms with van der Waals surface area (Å²) >= 11 is 0. The number of benzene rings is 2. The Hall–Kier alpha value is -2.88. The zero-order valence-corrected chi connectivity index (χ0v) is 18.8. The fourth-order valence-electron chi connectivity index (χ4n) is 6.71. The summed E-state index contributed by atoms with van der Waals surface area (Å²) in [5, 5.41) is 0. The molecule has 0 heterocycles. The first-order valence-electron chi connectivity index (χ1n) is 11.7. The van der Waals surface area contributed by atoms with Gasteiger partial charge in [-0.15, -0.1) is 0 Å². The highest BCUT2D eigenvalue weighted by Gasteiger charge is 2.52. The summed E-state index contributed by atoms with van der Waals surface area (Å²) in [7, 11) is 1.79. The summed E-state index contributed by atoms with van der Waals surface area (Å²) in [4.78, 5) is 16.6. The molecule has 0 amide bonds. The van der Waals surface area contributed by atoms with Crippen molar-refractivity contribution in [2.45, 2.75) is 43.9 Å². The molecular formula is C28H31NO3. The number of hydrogen-bond acceptors (Lipinski definition) is 4. The Bertz CT molecular complexity index is 1000. The number of hydrogen-bond donors (Lipinski definition) is 0. The summed E-state index contributed by atoms with van der Waals surface area (Å²) in [6, 6.07) is 13.6. The van der Waals surface area contributed by atoms with Gasteiger partial charge in [-0.2, -0.15) is 0 Å². The second kappa shape index (κ2) is 8.57. The maximum absolute atomic E-state index is 11.9. The Balaban J connectivity index is 1.37. The Labute approximate surface area is 190 Å². The van der Waals surface area contributed by atoms with Crippen LogP contribution in [0.1, 0.15) is 60.0 Å². The predicted octanol–water partition coefficient (Wildman–Crippen LogP) is 6.26. The third-order valence-corrected chi connectivity index (χ3v) is 7.63. The van der Waals surface area contributed by atoms with Crippen molar-refractivity contribution in [3.05, 3.63) is 71.8 Å². The summed E-state index contributed by atoms with van der Waals surface area (Å²) in [6.07, 6.45) is 11.7. The van der Waals surface area contributed by atoms with E-state index in [9.17, 15) is 4.79 Å². The van der Waals surface area contributed by atoms with E-state index in [0.717, 1.165) is 34.8 Å². The quantitative estimate of drug-likeness (QED) is 0.297. The largest absolute Gasteiger partial charge is 0.496 e. The smallest absolute Gasteiger partial charge is 0.338 e. The fourth-order valence-corrected chi connectivity index (χ4v) is 6.71. The lowest BCUT2D eigenvalue weighted by Crippen LogP contribution is -2.48. The molecule has 0 unspecified atom stereocenters. The van der Waals surface area contributed by atoms with Crippen molar-refractivity contribution in [2.75, 3.05) is 13.7 Å². The van der Waals surface area contributed by atoms with Crippen molar-refractivity contribution >= 4 is 17.9 Å². The molecule has 0 spiro atoms. The van der Waals surface area contributed by atoms with E-state index in [4.69, 9.17) is 9.47 Å². The molecule has 4 aliphatic rings. The molecule has 2 aromatic rings. The summed E-state index contributed by atoms with van der Waals surface area (Å²) in [5.74, 6) is 3.34. The molecule has 0 atom stereocenters. The van der Waals surface area contributed by atoms with E-state index in [1.54, 1.807) is 25.3 Å². The van der Waals surface area contributed by atoms with Crippen molar-refractivity contribution < 1.29 is 14.3 Å². The lowest BCUT2D eigenvalue weighted by atomic mass is 9.48. The second-order valence-corrected chi connectivity index (χ2v) is 9.85. The van der Waals surface area contributed by atoms with Crippen molar-refractivity contribution in [1.82, 2.24) is 0 Å². The average molecular weight is 430 g/mol. The Kier molecular flexibility index (Phi) is 5.62.